The lowest BCUT2D eigenvalue weighted by molar-refractivity contribution is 0.102. The number of rotatable bonds is 4. The number of carbonyl (C=O) groups excluding carboxylic acids is 1. The summed E-state index contributed by atoms with van der Waals surface area (Å²) in [5.74, 6) is 1.01. The van der Waals surface area contributed by atoms with Crippen molar-refractivity contribution in [2.75, 3.05) is 18.5 Å². The van der Waals surface area contributed by atoms with Gasteiger partial charge in [-0.25, -0.2) is 4.98 Å². The van der Waals surface area contributed by atoms with Gasteiger partial charge in [0, 0.05) is 11.1 Å². The molecule has 0 bridgehead atoms. The molecular weight excluding hydrogens is 396 g/mol. The van der Waals surface area contributed by atoms with Crippen molar-refractivity contribution in [3.8, 4) is 33.2 Å². The average Bonchev–Trinajstić information content (AvgIpc) is 3.23. The van der Waals surface area contributed by atoms with Gasteiger partial charge in [-0.2, -0.15) is 0 Å². The molecule has 1 aliphatic heterocycles. The summed E-state index contributed by atoms with van der Waals surface area (Å²) in [5.41, 5.74) is 3.42. The van der Waals surface area contributed by atoms with Gasteiger partial charge in [0.1, 0.15) is 13.2 Å². The maximum Gasteiger partial charge on any atom is 0.257 e. The van der Waals surface area contributed by atoms with Crippen LogP contribution in [0.15, 0.2) is 78.9 Å². The lowest BCUT2D eigenvalue weighted by Crippen LogP contribution is -2.17. The van der Waals surface area contributed by atoms with Crippen molar-refractivity contribution in [3.05, 3.63) is 84.4 Å². The monoisotopic (exact) mass is 414 g/mol. The van der Waals surface area contributed by atoms with E-state index in [4.69, 9.17) is 14.5 Å². The van der Waals surface area contributed by atoms with E-state index in [0.717, 1.165) is 21.7 Å². The van der Waals surface area contributed by atoms with Crippen molar-refractivity contribution in [1.29, 1.82) is 0 Å². The van der Waals surface area contributed by atoms with Gasteiger partial charge in [0.15, 0.2) is 16.6 Å². The number of ether oxygens (including phenoxy) is 2. The molecular formula is C24H18N2O3S. The second-order valence-electron chi connectivity index (χ2n) is 6.74. The van der Waals surface area contributed by atoms with Gasteiger partial charge in [0.2, 0.25) is 0 Å². The van der Waals surface area contributed by atoms with Crippen LogP contribution in [0.1, 0.15) is 10.4 Å². The first-order chi connectivity index (χ1) is 14.8. The molecule has 2 heterocycles. The number of aromatic nitrogens is 1. The third kappa shape index (κ3) is 3.65. The van der Waals surface area contributed by atoms with E-state index in [1.54, 1.807) is 18.2 Å². The second-order valence-corrected chi connectivity index (χ2v) is 7.74. The Hall–Kier alpha value is -3.64. The summed E-state index contributed by atoms with van der Waals surface area (Å²) in [7, 11) is 0. The summed E-state index contributed by atoms with van der Waals surface area (Å²) in [5, 5.41) is 3.49. The summed E-state index contributed by atoms with van der Waals surface area (Å²) >= 11 is 1.46. The van der Waals surface area contributed by atoms with Gasteiger partial charge in [0.05, 0.1) is 10.6 Å². The molecule has 0 saturated carbocycles. The van der Waals surface area contributed by atoms with Crippen LogP contribution in [0, 0.1) is 0 Å². The minimum Gasteiger partial charge on any atom is -0.486 e. The average molecular weight is 414 g/mol. The van der Waals surface area contributed by atoms with Crippen LogP contribution in [-0.4, -0.2) is 24.1 Å². The van der Waals surface area contributed by atoms with E-state index in [2.05, 4.69) is 5.32 Å². The zero-order valence-corrected chi connectivity index (χ0v) is 16.8. The van der Waals surface area contributed by atoms with Crippen LogP contribution in [0.3, 0.4) is 0 Å². The molecule has 1 aliphatic rings. The minimum atomic E-state index is -0.236. The van der Waals surface area contributed by atoms with Gasteiger partial charge in [0.25, 0.3) is 5.91 Å². The van der Waals surface area contributed by atoms with E-state index >= 15 is 0 Å². The summed E-state index contributed by atoms with van der Waals surface area (Å²) in [6, 6.07) is 25.2. The van der Waals surface area contributed by atoms with Crippen LogP contribution in [0.4, 0.5) is 5.13 Å². The quantitative estimate of drug-likeness (QED) is 0.479. The number of benzene rings is 3. The van der Waals surface area contributed by atoms with Crippen LogP contribution in [-0.2, 0) is 0 Å². The zero-order chi connectivity index (χ0) is 20.3. The highest BCUT2D eigenvalue weighted by Crippen LogP contribution is 2.39. The van der Waals surface area contributed by atoms with Gasteiger partial charge in [-0.3, -0.25) is 10.1 Å². The van der Waals surface area contributed by atoms with Crippen LogP contribution in [0.25, 0.3) is 21.7 Å². The Morgan fingerprint density at radius 2 is 1.50 bits per heavy atom. The van der Waals surface area contributed by atoms with E-state index in [-0.39, 0.29) is 5.91 Å². The highest BCUT2D eigenvalue weighted by molar-refractivity contribution is 7.19. The molecule has 3 aromatic carbocycles. The summed E-state index contributed by atoms with van der Waals surface area (Å²) in [6.07, 6.45) is 0. The number of fused-ring (bicyclic) bond motifs is 1. The van der Waals surface area contributed by atoms with E-state index in [1.807, 2.05) is 60.7 Å². The molecule has 0 saturated heterocycles. The number of anilines is 1. The molecule has 1 amide bonds. The first kappa shape index (κ1) is 18.4. The number of thiazole rings is 1. The van der Waals surface area contributed by atoms with Crippen molar-refractivity contribution in [1.82, 2.24) is 4.98 Å². The largest absolute Gasteiger partial charge is 0.486 e. The van der Waals surface area contributed by atoms with Crippen LogP contribution >= 0.6 is 11.3 Å². The SMILES string of the molecule is O=C(Nc1nc(-c2ccccc2)c(-c2ccccc2)s1)c1ccc2c(c1)OCCO2. The maximum absolute atomic E-state index is 12.9. The molecule has 5 rings (SSSR count). The van der Waals surface area contributed by atoms with Crippen LogP contribution in [0.5, 0.6) is 11.5 Å². The Morgan fingerprint density at radius 1 is 0.833 bits per heavy atom. The molecule has 0 unspecified atom stereocenters. The second kappa shape index (κ2) is 8.00. The van der Waals surface area contributed by atoms with Gasteiger partial charge in [-0.15, -0.1) is 0 Å². The Kier molecular flexibility index (Phi) is 4.91. The molecule has 0 spiro atoms. The van der Waals surface area contributed by atoms with E-state index in [9.17, 15) is 4.79 Å². The Morgan fingerprint density at radius 3 is 2.23 bits per heavy atom. The Labute approximate surface area is 177 Å². The molecule has 148 valence electrons. The minimum absolute atomic E-state index is 0.236. The molecule has 0 atom stereocenters. The molecule has 0 radical (unpaired) electrons. The van der Waals surface area contributed by atoms with Crippen molar-refractivity contribution in [3.63, 3.8) is 0 Å². The fourth-order valence-corrected chi connectivity index (χ4v) is 4.29. The number of nitrogens with one attached hydrogen (secondary N) is 1. The van der Waals surface area contributed by atoms with Crippen LogP contribution < -0.4 is 14.8 Å². The van der Waals surface area contributed by atoms with Crippen LogP contribution in [0.2, 0.25) is 0 Å². The molecule has 0 fully saturated rings. The predicted octanol–water partition coefficient (Wildman–Crippen LogP) is 5.50. The fraction of sp³-hybridized carbons (Fsp3) is 0.0833. The summed E-state index contributed by atoms with van der Waals surface area (Å²) in [6.45, 7) is 0.994. The van der Waals surface area contributed by atoms with Gasteiger partial charge >= 0.3 is 0 Å². The highest BCUT2D eigenvalue weighted by atomic mass is 32.1. The van der Waals surface area contributed by atoms with Crippen molar-refractivity contribution >= 4 is 22.4 Å². The molecule has 0 aliphatic carbocycles. The lowest BCUT2D eigenvalue weighted by Gasteiger charge is -2.18. The third-order valence-corrected chi connectivity index (χ3v) is 5.76. The number of nitrogens with zero attached hydrogens (tertiary/aromatic N) is 1. The Bertz CT molecular complexity index is 1130. The molecule has 30 heavy (non-hydrogen) atoms. The van der Waals surface area contributed by atoms with E-state index in [1.165, 1.54) is 11.3 Å². The lowest BCUT2D eigenvalue weighted by atomic mass is 10.1. The zero-order valence-electron chi connectivity index (χ0n) is 16.0. The molecule has 4 aromatic rings. The fourth-order valence-electron chi connectivity index (χ4n) is 3.30. The molecule has 6 heteroatoms. The van der Waals surface area contributed by atoms with Crippen molar-refractivity contribution < 1.29 is 14.3 Å². The molecule has 5 nitrogen and oxygen atoms in total. The normalized spacial score (nSPS) is 12.4. The standard InChI is InChI=1S/C24H18N2O3S/c27-23(18-11-12-19-20(15-18)29-14-13-28-19)26-24-25-21(16-7-3-1-4-8-16)22(30-24)17-9-5-2-6-10-17/h1-12,15H,13-14H2,(H,25,26,27). The topological polar surface area (TPSA) is 60.5 Å². The van der Waals surface area contributed by atoms with Crippen molar-refractivity contribution in [2.45, 2.75) is 0 Å². The summed E-state index contributed by atoms with van der Waals surface area (Å²) < 4.78 is 11.1. The van der Waals surface area contributed by atoms with Gasteiger partial charge < -0.3 is 9.47 Å². The number of hydrogen-bond acceptors (Lipinski definition) is 5. The molecule has 1 N–H and O–H groups in total. The number of hydrogen-bond donors (Lipinski definition) is 1. The summed E-state index contributed by atoms with van der Waals surface area (Å²) in [4.78, 5) is 18.6. The van der Waals surface area contributed by atoms with Crippen molar-refractivity contribution in [2.24, 2.45) is 0 Å². The van der Waals surface area contributed by atoms with E-state index in [0.29, 0.717) is 35.4 Å². The third-order valence-electron chi connectivity index (χ3n) is 4.74. The smallest absolute Gasteiger partial charge is 0.257 e. The highest BCUT2D eigenvalue weighted by Gasteiger charge is 2.19. The first-order valence-electron chi connectivity index (χ1n) is 9.60. The molecule has 1 aromatic heterocycles. The van der Waals surface area contributed by atoms with E-state index < -0.39 is 0 Å². The first-order valence-corrected chi connectivity index (χ1v) is 10.4. The maximum atomic E-state index is 12.9. The number of amides is 1. The Balaban J connectivity index is 1.48. The number of carbonyl (C=O) groups is 1. The van der Waals surface area contributed by atoms with Gasteiger partial charge in [-0.05, 0) is 23.8 Å². The van der Waals surface area contributed by atoms with Gasteiger partial charge in [-0.1, -0.05) is 72.0 Å². The predicted molar refractivity (Wildman–Crippen MR) is 118 cm³/mol.